The molecule has 2 aromatic rings. The van der Waals surface area contributed by atoms with Crippen LogP contribution in [-0.4, -0.2) is 25.6 Å². The molecular weight excluding hydrogens is 348 g/mol. The third kappa shape index (κ3) is 3.71. The van der Waals surface area contributed by atoms with Crippen molar-refractivity contribution in [3.8, 4) is 5.75 Å². The molecular formula is C21H25ClN2O2. The minimum Gasteiger partial charge on any atom is -0.497 e. The average Bonchev–Trinajstić information content (AvgIpc) is 2.62. The zero-order chi connectivity index (χ0) is 18.8. The van der Waals surface area contributed by atoms with Crippen molar-refractivity contribution in [3.05, 3.63) is 58.1 Å². The number of aryl methyl sites for hydroxylation is 1. The summed E-state index contributed by atoms with van der Waals surface area (Å²) in [6.45, 7) is 4.81. The molecule has 0 fully saturated rings. The molecule has 138 valence electrons. The largest absolute Gasteiger partial charge is 0.497 e. The number of halogens is 1. The van der Waals surface area contributed by atoms with Crippen LogP contribution in [-0.2, 0) is 17.6 Å². The molecule has 0 aliphatic carbocycles. The molecule has 1 aliphatic heterocycles. The highest BCUT2D eigenvalue weighted by Gasteiger charge is 2.30. The second-order valence-electron chi connectivity index (χ2n) is 7.10. The van der Waals surface area contributed by atoms with Gasteiger partial charge in [-0.05, 0) is 60.6 Å². The van der Waals surface area contributed by atoms with Gasteiger partial charge >= 0.3 is 0 Å². The number of fused-ring (bicyclic) bond motifs is 1. The number of carbonyl (C=O) groups is 1. The van der Waals surface area contributed by atoms with E-state index in [0.717, 1.165) is 23.2 Å². The normalized spacial score (nSPS) is 17.6. The van der Waals surface area contributed by atoms with Gasteiger partial charge in [-0.3, -0.25) is 4.79 Å². The van der Waals surface area contributed by atoms with Gasteiger partial charge in [0.2, 0.25) is 5.91 Å². The van der Waals surface area contributed by atoms with Gasteiger partial charge in [-0.15, -0.1) is 0 Å². The van der Waals surface area contributed by atoms with Crippen LogP contribution < -0.4 is 15.4 Å². The Morgan fingerprint density at radius 3 is 2.81 bits per heavy atom. The molecule has 0 radical (unpaired) electrons. The van der Waals surface area contributed by atoms with Gasteiger partial charge in [-0.2, -0.15) is 0 Å². The van der Waals surface area contributed by atoms with Gasteiger partial charge < -0.3 is 15.4 Å². The fourth-order valence-electron chi connectivity index (χ4n) is 3.63. The minimum atomic E-state index is -0.641. The number of hydrogen-bond donors (Lipinski definition) is 1. The van der Waals surface area contributed by atoms with Crippen LogP contribution in [0, 0.1) is 12.8 Å². The highest BCUT2D eigenvalue weighted by atomic mass is 35.5. The Balaban J connectivity index is 1.83. The van der Waals surface area contributed by atoms with E-state index >= 15 is 0 Å². The van der Waals surface area contributed by atoms with E-state index in [0.29, 0.717) is 29.7 Å². The smallest absolute Gasteiger partial charge is 0.244 e. The van der Waals surface area contributed by atoms with Crippen molar-refractivity contribution in [1.82, 2.24) is 0 Å². The predicted octanol–water partition coefficient (Wildman–Crippen LogP) is 3.75. The zero-order valence-corrected chi connectivity index (χ0v) is 16.2. The van der Waals surface area contributed by atoms with Gasteiger partial charge in [0.25, 0.3) is 0 Å². The lowest BCUT2D eigenvalue weighted by Crippen LogP contribution is -2.48. The lowest BCUT2D eigenvalue weighted by molar-refractivity contribution is -0.120. The van der Waals surface area contributed by atoms with E-state index in [1.54, 1.807) is 13.2 Å². The molecule has 5 heteroatoms. The van der Waals surface area contributed by atoms with Gasteiger partial charge in [-0.1, -0.05) is 36.7 Å². The molecule has 26 heavy (non-hydrogen) atoms. The summed E-state index contributed by atoms with van der Waals surface area (Å²) in [5.41, 5.74) is 10.4. The van der Waals surface area contributed by atoms with Crippen molar-refractivity contribution < 1.29 is 9.53 Å². The summed E-state index contributed by atoms with van der Waals surface area (Å²) < 4.78 is 5.24. The van der Waals surface area contributed by atoms with E-state index in [2.05, 4.69) is 13.0 Å². The third-order valence-corrected chi connectivity index (χ3v) is 5.32. The number of hydrogen-bond acceptors (Lipinski definition) is 3. The van der Waals surface area contributed by atoms with E-state index in [9.17, 15) is 4.79 Å². The fraction of sp³-hybridized carbons (Fsp3) is 0.381. The Kier molecular flexibility index (Phi) is 5.54. The first-order chi connectivity index (χ1) is 12.4. The third-order valence-electron chi connectivity index (χ3n) is 4.98. The van der Waals surface area contributed by atoms with Gasteiger partial charge in [0, 0.05) is 17.3 Å². The van der Waals surface area contributed by atoms with Crippen LogP contribution in [0.2, 0.25) is 5.02 Å². The van der Waals surface area contributed by atoms with Crippen LogP contribution in [0.5, 0.6) is 5.75 Å². The quantitative estimate of drug-likeness (QED) is 0.889. The number of rotatable bonds is 4. The number of anilines is 1. The summed E-state index contributed by atoms with van der Waals surface area (Å²) in [4.78, 5) is 14.9. The first-order valence-electron chi connectivity index (χ1n) is 8.88. The number of methoxy groups -OCH3 is 1. The Morgan fingerprint density at radius 2 is 2.12 bits per heavy atom. The number of benzene rings is 2. The zero-order valence-electron chi connectivity index (χ0n) is 15.5. The maximum Gasteiger partial charge on any atom is 0.244 e. The molecule has 2 atom stereocenters. The Labute approximate surface area is 159 Å². The predicted molar refractivity (Wildman–Crippen MR) is 106 cm³/mol. The molecule has 1 aliphatic rings. The van der Waals surface area contributed by atoms with Gasteiger partial charge in [-0.25, -0.2) is 0 Å². The first kappa shape index (κ1) is 18.7. The second-order valence-corrected chi connectivity index (χ2v) is 7.51. The number of nitrogens with zero attached hydrogens (tertiary/aromatic N) is 1. The standard InChI is InChI=1S/C21H25ClN2O2/c1-13-8-15-6-4-5-7-20(15)24(12-13)21(25)19(23)11-17-14(2)9-16(26-3)10-18(17)22/h4-7,9-10,13,19H,8,11-12,23H2,1-3H3/t13?,19-/m0/s1. The molecule has 0 spiro atoms. The highest BCUT2D eigenvalue weighted by molar-refractivity contribution is 6.31. The van der Waals surface area contributed by atoms with E-state index in [4.69, 9.17) is 22.1 Å². The van der Waals surface area contributed by atoms with Crippen LogP contribution >= 0.6 is 11.6 Å². The summed E-state index contributed by atoms with van der Waals surface area (Å²) in [5.74, 6) is 1.05. The lowest BCUT2D eigenvalue weighted by Gasteiger charge is -2.34. The average molecular weight is 373 g/mol. The molecule has 1 heterocycles. The van der Waals surface area contributed by atoms with Crippen LogP contribution in [0.3, 0.4) is 0 Å². The highest BCUT2D eigenvalue weighted by Crippen LogP contribution is 2.31. The molecule has 2 N–H and O–H groups in total. The van der Waals surface area contributed by atoms with E-state index in [1.165, 1.54) is 5.56 Å². The molecule has 1 unspecified atom stereocenters. The van der Waals surface area contributed by atoms with E-state index in [1.807, 2.05) is 36.1 Å². The summed E-state index contributed by atoms with van der Waals surface area (Å²) in [5, 5.41) is 0.581. The number of ether oxygens (including phenoxy) is 1. The van der Waals surface area contributed by atoms with Crippen LogP contribution in [0.15, 0.2) is 36.4 Å². The second kappa shape index (κ2) is 7.68. The molecule has 2 aromatic carbocycles. The van der Waals surface area contributed by atoms with Crippen molar-refractivity contribution >= 4 is 23.2 Å². The Bertz CT molecular complexity index is 798. The number of nitrogens with two attached hydrogens (primary N) is 1. The number of para-hydroxylation sites is 1. The molecule has 0 saturated carbocycles. The van der Waals surface area contributed by atoms with Crippen molar-refractivity contribution in [2.24, 2.45) is 11.7 Å². The Hall–Kier alpha value is -2.04. The molecule has 1 amide bonds. The summed E-state index contributed by atoms with van der Waals surface area (Å²) >= 11 is 6.39. The van der Waals surface area contributed by atoms with Gasteiger partial charge in [0.05, 0.1) is 13.2 Å². The number of carbonyl (C=O) groups excluding carboxylic acids is 1. The lowest BCUT2D eigenvalue weighted by atomic mass is 9.92. The van der Waals surface area contributed by atoms with Gasteiger partial charge in [0.15, 0.2) is 0 Å². The summed E-state index contributed by atoms with van der Waals surface area (Å²) in [6.07, 6.45) is 1.39. The topological polar surface area (TPSA) is 55.6 Å². The SMILES string of the molecule is COc1cc(C)c(C[C@H](N)C(=O)N2CC(C)Cc3ccccc32)c(Cl)c1. The van der Waals surface area contributed by atoms with E-state index in [-0.39, 0.29) is 5.91 Å². The maximum absolute atomic E-state index is 13.1. The minimum absolute atomic E-state index is 0.0599. The number of amides is 1. The van der Waals surface area contributed by atoms with Crippen molar-refractivity contribution in [1.29, 1.82) is 0 Å². The van der Waals surface area contributed by atoms with E-state index < -0.39 is 6.04 Å². The maximum atomic E-state index is 13.1. The molecule has 0 bridgehead atoms. The summed E-state index contributed by atoms with van der Waals surface area (Å²) in [6, 6.07) is 11.1. The monoisotopic (exact) mass is 372 g/mol. The summed E-state index contributed by atoms with van der Waals surface area (Å²) in [7, 11) is 1.61. The van der Waals surface area contributed by atoms with Crippen LogP contribution in [0.1, 0.15) is 23.6 Å². The Morgan fingerprint density at radius 1 is 1.38 bits per heavy atom. The van der Waals surface area contributed by atoms with Crippen molar-refractivity contribution in [3.63, 3.8) is 0 Å². The van der Waals surface area contributed by atoms with Crippen molar-refractivity contribution in [2.75, 3.05) is 18.6 Å². The molecule has 0 aromatic heterocycles. The molecule has 4 nitrogen and oxygen atoms in total. The molecule has 3 rings (SSSR count). The first-order valence-corrected chi connectivity index (χ1v) is 9.26. The fourth-order valence-corrected chi connectivity index (χ4v) is 3.97. The van der Waals surface area contributed by atoms with Gasteiger partial charge in [0.1, 0.15) is 5.75 Å². The molecule has 0 saturated heterocycles. The van der Waals surface area contributed by atoms with Crippen LogP contribution in [0.25, 0.3) is 0 Å². The van der Waals surface area contributed by atoms with Crippen LogP contribution in [0.4, 0.5) is 5.69 Å². The van der Waals surface area contributed by atoms with Crippen molar-refractivity contribution in [2.45, 2.75) is 32.7 Å².